The Morgan fingerprint density at radius 1 is 1.18 bits per heavy atom. The molecule has 0 saturated heterocycles. The fourth-order valence-corrected chi connectivity index (χ4v) is 2.30. The second kappa shape index (κ2) is 5.82. The molecule has 0 aliphatic heterocycles. The number of hydrogen-bond donors (Lipinski definition) is 0. The summed E-state index contributed by atoms with van der Waals surface area (Å²) in [6, 6.07) is 15.8. The van der Waals surface area contributed by atoms with E-state index >= 15 is 0 Å². The van der Waals surface area contributed by atoms with E-state index in [0.29, 0.717) is 18.0 Å². The van der Waals surface area contributed by atoms with Crippen LogP contribution in [0, 0.1) is 17.2 Å². The van der Waals surface area contributed by atoms with E-state index in [1.807, 2.05) is 61.3 Å². The molecule has 1 atom stereocenters. The second-order valence-corrected chi connectivity index (χ2v) is 5.26. The Labute approximate surface area is 128 Å². The minimum Gasteiger partial charge on any atom is -0.357 e. The van der Waals surface area contributed by atoms with Crippen molar-refractivity contribution in [2.75, 3.05) is 18.5 Å². The van der Waals surface area contributed by atoms with E-state index in [9.17, 15) is 0 Å². The molecule has 6 heteroatoms. The molecule has 1 aromatic carbocycles. The van der Waals surface area contributed by atoms with Crippen LogP contribution in [0.4, 0.5) is 5.82 Å². The Bertz CT molecular complexity index is 818. The molecule has 0 saturated carbocycles. The molecule has 0 amide bonds. The number of hydrogen-bond acceptors (Lipinski definition) is 5. The van der Waals surface area contributed by atoms with Crippen LogP contribution in [0.3, 0.4) is 0 Å². The normalized spacial score (nSPS) is 12.0. The van der Waals surface area contributed by atoms with Gasteiger partial charge in [-0.2, -0.15) is 9.78 Å². The molecule has 22 heavy (non-hydrogen) atoms. The van der Waals surface area contributed by atoms with Gasteiger partial charge in [0.05, 0.1) is 12.0 Å². The van der Waals surface area contributed by atoms with Crippen molar-refractivity contribution in [3.8, 4) is 17.5 Å². The predicted octanol–water partition coefficient (Wildman–Crippen LogP) is 2.39. The van der Waals surface area contributed by atoms with E-state index in [4.69, 9.17) is 5.26 Å². The average Bonchev–Trinajstić information content (AvgIpc) is 2.98. The minimum absolute atomic E-state index is 0.0583. The zero-order valence-corrected chi connectivity index (χ0v) is 12.5. The van der Waals surface area contributed by atoms with Gasteiger partial charge in [0.25, 0.3) is 0 Å². The van der Waals surface area contributed by atoms with Crippen LogP contribution in [0.2, 0.25) is 0 Å². The first-order valence-corrected chi connectivity index (χ1v) is 7.07. The van der Waals surface area contributed by atoms with Gasteiger partial charge in [-0.3, -0.25) is 0 Å². The lowest BCUT2D eigenvalue weighted by molar-refractivity contribution is 0.703. The Balaban J connectivity index is 2.00. The van der Waals surface area contributed by atoms with Crippen LogP contribution < -0.4 is 4.90 Å². The summed E-state index contributed by atoms with van der Waals surface area (Å²) < 4.78 is 1.73. The maximum Gasteiger partial charge on any atom is 0.185 e. The van der Waals surface area contributed by atoms with Crippen molar-refractivity contribution in [2.45, 2.75) is 6.92 Å². The fourth-order valence-electron chi connectivity index (χ4n) is 2.30. The molecule has 6 nitrogen and oxygen atoms in total. The Kier molecular flexibility index (Phi) is 3.71. The van der Waals surface area contributed by atoms with E-state index in [-0.39, 0.29) is 5.92 Å². The molecule has 0 aliphatic carbocycles. The molecule has 0 N–H and O–H groups in total. The van der Waals surface area contributed by atoms with Gasteiger partial charge in [-0.15, -0.1) is 15.3 Å². The molecular weight excluding hydrogens is 276 g/mol. The molecule has 2 heterocycles. The molecule has 0 bridgehead atoms. The molecule has 2 aromatic heterocycles. The summed E-state index contributed by atoms with van der Waals surface area (Å²) in [6.45, 7) is 2.51. The van der Waals surface area contributed by atoms with Crippen LogP contribution >= 0.6 is 0 Å². The first-order valence-electron chi connectivity index (χ1n) is 7.07. The van der Waals surface area contributed by atoms with Gasteiger partial charge >= 0.3 is 0 Å². The van der Waals surface area contributed by atoms with Crippen LogP contribution in [0.5, 0.6) is 0 Å². The summed E-state index contributed by atoms with van der Waals surface area (Å²) in [5.74, 6) is 1.43. The third-order valence-corrected chi connectivity index (χ3v) is 3.44. The topological polar surface area (TPSA) is 70.1 Å². The van der Waals surface area contributed by atoms with Crippen molar-refractivity contribution < 1.29 is 0 Å². The maximum atomic E-state index is 8.94. The largest absolute Gasteiger partial charge is 0.357 e. The summed E-state index contributed by atoms with van der Waals surface area (Å²) >= 11 is 0. The van der Waals surface area contributed by atoms with Gasteiger partial charge in [-0.25, -0.2) is 0 Å². The maximum absolute atomic E-state index is 8.94. The molecule has 0 spiro atoms. The van der Waals surface area contributed by atoms with Gasteiger partial charge in [-0.05, 0) is 19.1 Å². The predicted molar refractivity (Wildman–Crippen MR) is 84.3 cm³/mol. The highest BCUT2D eigenvalue weighted by molar-refractivity contribution is 5.59. The van der Waals surface area contributed by atoms with Crippen molar-refractivity contribution in [1.82, 2.24) is 19.8 Å². The SMILES string of the molecule is CC(C#N)CN(C)c1ccc2nnc(-c3ccccc3)n2n1. The zero-order chi connectivity index (χ0) is 15.5. The molecule has 1 unspecified atom stereocenters. The van der Waals surface area contributed by atoms with Crippen LogP contribution in [0.25, 0.3) is 17.0 Å². The summed E-state index contributed by atoms with van der Waals surface area (Å²) in [5, 5.41) is 21.9. The Morgan fingerprint density at radius 3 is 2.68 bits per heavy atom. The Morgan fingerprint density at radius 2 is 1.95 bits per heavy atom. The van der Waals surface area contributed by atoms with Crippen molar-refractivity contribution in [3.05, 3.63) is 42.5 Å². The third kappa shape index (κ3) is 2.61. The summed E-state index contributed by atoms with van der Waals surface area (Å²) in [4.78, 5) is 1.96. The van der Waals surface area contributed by atoms with Gasteiger partial charge in [0.15, 0.2) is 11.5 Å². The van der Waals surface area contributed by atoms with Gasteiger partial charge < -0.3 is 4.90 Å². The first kappa shape index (κ1) is 14.0. The van der Waals surface area contributed by atoms with Crippen LogP contribution in [0.1, 0.15) is 6.92 Å². The Hall–Kier alpha value is -2.94. The molecule has 3 aromatic rings. The molecule has 0 radical (unpaired) electrons. The second-order valence-electron chi connectivity index (χ2n) is 5.26. The number of benzene rings is 1. The lowest BCUT2D eigenvalue weighted by atomic mass is 10.2. The highest BCUT2D eigenvalue weighted by Crippen LogP contribution is 2.19. The smallest absolute Gasteiger partial charge is 0.185 e. The van der Waals surface area contributed by atoms with E-state index in [1.165, 1.54) is 0 Å². The summed E-state index contributed by atoms with van der Waals surface area (Å²) in [6.07, 6.45) is 0. The highest BCUT2D eigenvalue weighted by atomic mass is 15.4. The minimum atomic E-state index is -0.0583. The molecule has 0 aliphatic rings. The third-order valence-electron chi connectivity index (χ3n) is 3.44. The quantitative estimate of drug-likeness (QED) is 0.738. The lowest BCUT2D eigenvalue weighted by Crippen LogP contribution is -2.24. The molecular formula is C16H16N6. The van der Waals surface area contributed by atoms with E-state index < -0.39 is 0 Å². The van der Waals surface area contributed by atoms with Crippen LogP contribution in [-0.4, -0.2) is 33.4 Å². The monoisotopic (exact) mass is 292 g/mol. The lowest BCUT2D eigenvalue weighted by Gasteiger charge is -2.19. The number of fused-ring (bicyclic) bond motifs is 1. The van der Waals surface area contributed by atoms with Crippen LogP contribution in [-0.2, 0) is 0 Å². The first-order chi connectivity index (χ1) is 10.7. The van der Waals surface area contributed by atoms with Crippen LogP contribution in [0.15, 0.2) is 42.5 Å². The van der Waals surface area contributed by atoms with E-state index in [0.717, 1.165) is 11.4 Å². The number of nitrogens with zero attached hydrogens (tertiary/aromatic N) is 6. The van der Waals surface area contributed by atoms with E-state index in [2.05, 4.69) is 21.4 Å². The zero-order valence-electron chi connectivity index (χ0n) is 12.5. The number of nitriles is 1. The van der Waals surface area contributed by atoms with Gasteiger partial charge in [0, 0.05) is 19.2 Å². The summed E-state index contributed by atoms with van der Waals surface area (Å²) in [5.41, 5.74) is 1.66. The van der Waals surface area contributed by atoms with Crippen molar-refractivity contribution in [2.24, 2.45) is 5.92 Å². The van der Waals surface area contributed by atoms with Gasteiger partial charge in [0.2, 0.25) is 0 Å². The van der Waals surface area contributed by atoms with E-state index in [1.54, 1.807) is 4.52 Å². The number of aromatic nitrogens is 4. The standard InChI is InChI=1S/C16H16N6/c1-12(10-17)11-21(2)15-9-8-14-18-19-16(22(14)20-15)13-6-4-3-5-7-13/h3-9,12H,11H2,1-2H3. The average molecular weight is 292 g/mol. The number of rotatable bonds is 4. The van der Waals surface area contributed by atoms with Crippen molar-refractivity contribution in [1.29, 1.82) is 5.26 Å². The van der Waals surface area contributed by atoms with Crippen molar-refractivity contribution >= 4 is 11.5 Å². The molecule has 3 rings (SSSR count). The van der Waals surface area contributed by atoms with Gasteiger partial charge in [0.1, 0.15) is 5.82 Å². The highest BCUT2D eigenvalue weighted by Gasteiger charge is 2.12. The summed E-state index contributed by atoms with van der Waals surface area (Å²) in [7, 11) is 1.93. The van der Waals surface area contributed by atoms with Crippen molar-refractivity contribution in [3.63, 3.8) is 0 Å². The molecule has 0 fully saturated rings. The fraction of sp³-hybridized carbons (Fsp3) is 0.250. The molecule has 110 valence electrons. The van der Waals surface area contributed by atoms with Gasteiger partial charge in [-0.1, -0.05) is 30.3 Å². The number of anilines is 1.